The SMILES string of the molecule is CC(C)n1cc(Oc2ccc(C(=O)O)o2)cn1. The van der Waals surface area contributed by atoms with Crippen LogP contribution in [0, 0.1) is 0 Å². The van der Waals surface area contributed by atoms with Crippen LogP contribution < -0.4 is 4.74 Å². The molecule has 0 bridgehead atoms. The molecule has 6 heteroatoms. The molecule has 0 aromatic carbocycles. The third kappa shape index (κ3) is 2.47. The summed E-state index contributed by atoms with van der Waals surface area (Å²) in [6.07, 6.45) is 3.26. The van der Waals surface area contributed by atoms with E-state index in [9.17, 15) is 4.79 Å². The first-order valence-electron chi connectivity index (χ1n) is 5.11. The Morgan fingerprint density at radius 3 is 2.82 bits per heavy atom. The molecule has 0 amide bonds. The minimum atomic E-state index is -1.13. The van der Waals surface area contributed by atoms with Crippen LogP contribution in [0.3, 0.4) is 0 Å². The molecule has 17 heavy (non-hydrogen) atoms. The Bertz CT molecular complexity index is 527. The van der Waals surface area contributed by atoms with E-state index in [1.165, 1.54) is 12.1 Å². The normalized spacial score (nSPS) is 10.8. The van der Waals surface area contributed by atoms with Crippen LogP contribution in [-0.2, 0) is 0 Å². The lowest BCUT2D eigenvalue weighted by Crippen LogP contribution is -1.99. The number of rotatable bonds is 4. The van der Waals surface area contributed by atoms with Gasteiger partial charge in [0.05, 0.1) is 12.4 Å². The number of hydrogen-bond acceptors (Lipinski definition) is 4. The minimum Gasteiger partial charge on any atom is -0.475 e. The second-order valence-corrected chi connectivity index (χ2v) is 3.78. The third-order valence-electron chi connectivity index (χ3n) is 2.12. The van der Waals surface area contributed by atoms with E-state index in [-0.39, 0.29) is 17.7 Å². The zero-order valence-electron chi connectivity index (χ0n) is 9.45. The lowest BCUT2D eigenvalue weighted by Gasteiger charge is -2.02. The molecule has 2 aromatic rings. The molecule has 0 fully saturated rings. The number of nitrogens with zero attached hydrogens (tertiary/aromatic N) is 2. The van der Waals surface area contributed by atoms with E-state index in [4.69, 9.17) is 14.3 Å². The maximum absolute atomic E-state index is 10.6. The number of aromatic nitrogens is 2. The fourth-order valence-electron chi connectivity index (χ4n) is 1.26. The number of carboxylic acids is 1. The van der Waals surface area contributed by atoms with Crippen molar-refractivity contribution < 1.29 is 19.1 Å². The summed E-state index contributed by atoms with van der Waals surface area (Å²) >= 11 is 0. The molecule has 2 heterocycles. The highest BCUT2D eigenvalue weighted by molar-refractivity contribution is 5.84. The van der Waals surface area contributed by atoms with Crippen molar-refractivity contribution in [2.24, 2.45) is 0 Å². The predicted octanol–water partition coefficient (Wildman–Crippen LogP) is 2.55. The second kappa shape index (κ2) is 4.32. The van der Waals surface area contributed by atoms with Gasteiger partial charge in [-0.2, -0.15) is 5.10 Å². The van der Waals surface area contributed by atoms with E-state index in [2.05, 4.69) is 5.10 Å². The van der Waals surface area contributed by atoms with Crippen LogP contribution in [0.2, 0.25) is 0 Å². The van der Waals surface area contributed by atoms with Gasteiger partial charge in [0, 0.05) is 12.1 Å². The molecule has 0 aliphatic carbocycles. The number of carbonyl (C=O) groups is 1. The average molecular weight is 236 g/mol. The summed E-state index contributed by atoms with van der Waals surface area (Å²) in [7, 11) is 0. The van der Waals surface area contributed by atoms with Crippen LogP contribution in [0.25, 0.3) is 0 Å². The van der Waals surface area contributed by atoms with Crippen LogP contribution in [-0.4, -0.2) is 20.9 Å². The third-order valence-corrected chi connectivity index (χ3v) is 2.12. The van der Waals surface area contributed by atoms with Gasteiger partial charge >= 0.3 is 5.97 Å². The fraction of sp³-hybridized carbons (Fsp3) is 0.273. The Hall–Kier alpha value is -2.24. The van der Waals surface area contributed by atoms with E-state index < -0.39 is 5.97 Å². The molecular weight excluding hydrogens is 224 g/mol. The summed E-state index contributed by atoms with van der Waals surface area (Å²) in [5.41, 5.74) is 0. The van der Waals surface area contributed by atoms with Crippen LogP contribution in [0.1, 0.15) is 30.4 Å². The van der Waals surface area contributed by atoms with E-state index in [1.54, 1.807) is 17.1 Å². The van der Waals surface area contributed by atoms with Crippen LogP contribution in [0.4, 0.5) is 0 Å². The minimum absolute atomic E-state index is 0.130. The maximum atomic E-state index is 10.6. The molecule has 0 saturated carbocycles. The van der Waals surface area contributed by atoms with Crippen molar-refractivity contribution in [2.75, 3.05) is 0 Å². The molecular formula is C11H12N2O4. The summed E-state index contributed by atoms with van der Waals surface area (Å²) in [6, 6.07) is 3.03. The summed E-state index contributed by atoms with van der Waals surface area (Å²) < 4.78 is 12.0. The lowest BCUT2D eigenvalue weighted by molar-refractivity contribution is 0.0657. The molecule has 0 spiro atoms. The highest BCUT2D eigenvalue weighted by Gasteiger charge is 2.11. The highest BCUT2D eigenvalue weighted by Crippen LogP contribution is 2.23. The molecule has 1 N–H and O–H groups in total. The molecule has 0 saturated heterocycles. The molecule has 0 unspecified atom stereocenters. The van der Waals surface area contributed by atoms with Gasteiger partial charge in [-0.3, -0.25) is 4.68 Å². The average Bonchev–Trinajstić information content (AvgIpc) is 2.87. The van der Waals surface area contributed by atoms with Gasteiger partial charge in [0.25, 0.3) is 5.95 Å². The van der Waals surface area contributed by atoms with Gasteiger partial charge in [-0.1, -0.05) is 0 Å². The second-order valence-electron chi connectivity index (χ2n) is 3.78. The van der Waals surface area contributed by atoms with Crippen molar-refractivity contribution in [3.05, 3.63) is 30.3 Å². The van der Waals surface area contributed by atoms with Gasteiger partial charge in [0.1, 0.15) is 0 Å². The van der Waals surface area contributed by atoms with Gasteiger partial charge in [0.2, 0.25) is 5.76 Å². The van der Waals surface area contributed by atoms with E-state index in [0.29, 0.717) is 5.75 Å². The van der Waals surface area contributed by atoms with Gasteiger partial charge in [-0.05, 0) is 19.9 Å². The molecule has 6 nitrogen and oxygen atoms in total. The van der Waals surface area contributed by atoms with E-state index in [0.717, 1.165) is 0 Å². The first kappa shape index (κ1) is 11.3. The van der Waals surface area contributed by atoms with Gasteiger partial charge in [-0.25, -0.2) is 4.79 Å². The van der Waals surface area contributed by atoms with Crippen molar-refractivity contribution in [1.82, 2.24) is 9.78 Å². The van der Waals surface area contributed by atoms with Crippen molar-refractivity contribution in [3.8, 4) is 11.7 Å². The Morgan fingerprint density at radius 1 is 1.53 bits per heavy atom. The van der Waals surface area contributed by atoms with Crippen LogP contribution >= 0.6 is 0 Å². The molecule has 2 aromatic heterocycles. The summed E-state index contributed by atoms with van der Waals surface area (Å²) in [4.78, 5) is 10.6. The molecule has 0 aliphatic rings. The van der Waals surface area contributed by atoms with Crippen molar-refractivity contribution in [1.29, 1.82) is 0 Å². The van der Waals surface area contributed by atoms with Gasteiger partial charge in [-0.15, -0.1) is 0 Å². The summed E-state index contributed by atoms with van der Waals surface area (Å²) in [6.45, 7) is 3.98. The smallest absolute Gasteiger partial charge is 0.371 e. The molecule has 0 radical (unpaired) electrons. The van der Waals surface area contributed by atoms with Gasteiger partial charge in [0.15, 0.2) is 5.75 Å². The molecule has 0 atom stereocenters. The zero-order valence-corrected chi connectivity index (χ0v) is 9.45. The quantitative estimate of drug-likeness (QED) is 0.882. The standard InChI is InChI=1S/C11H12N2O4/c1-7(2)13-6-8(5-12-13)16-10-4-3-9(17-10)11(14)15/h3-7H,1-2H3,(H,14,15). The van der Waals surface area contributed by atoms with Crippen molar-refractivity contribution in [2.45, 2.75) is 19.9 Å². The predicted molar refractivity (Wildman–Crippen MR) is 58.4 cm³/mol. The number of hydrogen-bond donors (Lipinski definition) is 1. The van der Waals surface area contributed by atoms with Crippen LogP contribution in [0.15, 0.2) is 28.9 Å². The molecule has 2 rings (SSSR count). The van der Waals surface area contributed by atoms with Crippen LogP contribution in [0.5, 0.6) is 11.7 Å². The number of carboxylic acid groups (broad SMARTS) is 1. The Morgan fingerprint density at radius 2 is 2.29 bits per heavy atom. The molecule has 0 aliphatic heterocycles. The summed E-state index contributed by atoms with van der Waals surface area (Å²) in [5, 5.41) is 12.8. The fourth-order valence-corrected chi connectivity index (χ4v) is 1.26. The highest BCUT2D eigenvalue weighted by atomic mass is 16.6. The van der Waals surface area contributed by atoms with E-state index in [1.807, 2.05) is 13.8 Å². The number of ether oxygens (including phenoxy) is 1. The topological polar surface area (TPSA) is 77.5 Å². The summed E-state index contributed by atoms with van der Waals surface area (Å²) in [5.74, 6) is -0.648. The first-order chi connectivity index (χ1) is 8.06. The number of aromatic carboxylic acids is 1. The lowest BCUT2D eigenvalue weighted by atomic mass is 10.4. The Labute approximate surface area is 97.4 Å². The monoisotopic (exact) mass is 236 g/mol. The number of furan rings is 1. The largest absolute Gasteiger partial charge is 0.475 e. The van der Waals surface area contributed by atoms with Crippen molar-refractivity contribution in [3.63, 3.8) is 0 Å². The molecule has 90 valence electrons. The zero-order chi connectivity index (χ0) is 12.4. The first-order valence-corrected chi connectivity index (χ1v) is 5.11. The van der Waals surface area contributed by atoms with Crippen molar-refractivity contribution >= 4 is 5.97 Å². The van der Waals surface area contributed by atoms with E-state index >= 15 is 0 Å². The maximum Gasteiger partial charge on any atom is 0.371 e. The Balaban J connectivity index is 2.11. The Kier molecular flexibility index (Phi) is 2.86. The van der Waals surface area contributed by atoms with Gasteiger partial charge < -0.3 is 14.3 Å².